The van der Waals surface area contributed by atoms with Crippen LogP contribution < -0.4 is 9.47 Å². The molecule has 0 aromatic heterocycles. The monoisotopic (exact) mass is 696 g/mol. The Labute approximate surface area is 222 Å². The molecule has 0 heterocycles. The first-order chi connectivity index (χ1) is 14.9. The maximum Gasteiger partial charge on any atom is 0.333 e. The van der Waals surface area contributed by atoms with Crippen molar-refractivity contribution in [3.63, 3.8) is 0 Å². The second kappa shape index (κ2) is 11.4. The summed E-state index contributed by atoms with van der Waals surface area (Å²) in [5.41, 5.74) is 1.75. The number of hydrogen-bond acceptors (Lipinski definition) is 5. The second-order valence-electron chi connectivity index (χ2n) is 7.49. The maximum atomic E-state index is 11.5. The summed E-state index contributed by atoms with van der Waals surface area (Å²) < 4.78 is 19.3. The number of benzene rings is 2. The van der Waals surface area contributed by atoms with Crippen molar-refractivity contribution >= 4 is 69.7 Å². The fourth-order valence-corrected chi connectivity index (χ4v) is 5.61. The Bertz CT molecular complexity index is 1010. The van der Waals surface area contributed by atoms with Crippen LogP contribution in [0.1, 0.15) is 38.8 Å². The summed E-state index contributed by atoms with van der Waals surface area (Å²) in [5, 5.41) is 10.3. The average Bonchev–Trinajstić information content (AvgIpc) is 2.72. The summed E-state index contributed by atoms with van der Waals surface area (Å²) in [5.74, 6) is 0.839. The van der Waals surface area contributed by atoms with Crippen molar-refractivity contribution in [1.29, 1.82) is 0 Å². The topological polar surface area (TPSA) is 65.0 Å². The number of carbonyl (C=O) groups is 1. The van der Waals surface area contributed by atoms with E-state index in [1.165, 1.54) is 0 Å². The molecule has 9 heteroatoms. The van der Waals surface area contributed by atoms with Crippen LogP contribution in [-0.4, -0.2) is 30.9 Å². The maximum absolute atomic E-state index is 11.5. The zero-order valence-electron chi connectivity index (χ0n) is 18.2. The van der Waals surface area contributed by atoms with Crippen molar-refractivity contribution in [2.75, 3.05) is 19.8 Å². The minimum absolute atomic E-state index is 0.0893. The highest BCUT2D eigenvalue weighted by atomic mass is 79.9. The number of phenols is 1. The molecule has 0 unspecified atom stereocenters. The molecule has 0 fully saturated rings. The lowest BCUT2D eigenvalue weighted by Gasteiger charge is -2.30. The fourth-order valence-electron chi connectivity index (χ4n) is 2.96. The number of ether oxygens (including phenoxy) is 3. The molecule has 0 saturated carbocycles. The molecule has 0 aliphatic carbocycles. The summed E-state index contributed by atoms with van der Waals surface area (Å²) in [4.78, 5) is 11.5. The molecular formula is C23H24Br4O5. The van der Waals surface area contributed by atoms with Crippen molar-refractivity contribution in [2.45, 2.75) is 33.1 Å². The fraction of sp³-hybridized carbons (Fsp3) is 0.348. The van der Waals surface area contributed by atoms with Crippen LogP contribution in [-0.2, 0) is 14.9 Å². The molecule has 2 aromatic carbocycles. The summed E-state index contributed by atoms with van der Waals surface area (Å²) in [6.07, 6.45) is 0. The number of carbonyl (C=O) groups excluding carboxylic acids is 1. The van der Waals surface area contributed by atoms with E-state index in [9.17, 15) is 9.90 Å². The van der Waals surface area contributed by atoms with Gasteiger partial charge >= 0.3 is 5.97 Å². The van der Waals surface area contributed by atoms with Gasteiger partial charge in [-0.1, -0.05) is 20.4 Å². The quantitative estimate of drug-likeness (QED) is 0.166. The SMILES string of the molecule is C=C(C)C(=O)OCCOc1c(Br)cc(C(C)(C)c2cc(Br)c(O)c(Br)c2OCC)cc1Br. The van der Waals surface area contributed by atoms with Crippen LogP contribution in [0.25, 0.3) is 0 Å². The zero-order valence-corrected chi connectivity index (χ0v) is 24.5. The van der Waals surface area contributed by atoms with E-state index >= 15 is 0 Å². The van der Waals surface area contributed by atoms with Crippen LogP contribution in [0.15, 0.2) is 48.2 Å². The highest BCUT2D eigenvalue weighted by Crippen LogP contribution is 2.49. The molecule has 0 aliphatic rings. The standard InChI is InChI=1S/C23H24Br4O5/c1-6-30-20-14(11-15(24)19(28)18(20)27)23(4,5)13-9-16(25)21(17(26)10-13)31-7-8-32-22(29)12(2)3/h9-11,28H,2,6-8H2,1,3-5H3. The van der Waals surface area contributed by atoms with Crippen molar-refractivity contribution in [1.82, 2.24) is 0 Å². The van der Waals surface area contributed by atoms with E-state index in [1.807, 2.05) is 25.1 Å². The number of halogens is 4. The Morgan fingerprint density at radius 1 is 1.00 bits per heavy atom. The summed E-state index contributed by atoms with van der Waals surface area (Å²) in [6.45, 7) is 12.0. The Kier molecular flexibility index (Phi) is 9.70. The molecular weight excluding hydrogens is 676 g/mol. The van der Waals surface area contributed by atoms with Crippen LogP contribution >= 0.6 is 63.7 Å². The molecule has 0 amide bonds. The van der Waals surface area contributed by atoms with Crippen LogP contribution in [0, 0.1) is 0 Å². The summed E-state index contributed by atoms with van der Waals surface area (Å²) >= 11 is 14.1. The third-order valence-electron chi connectivity index (χ3n) is 4.74. The molecule has 0 spiro atoms. The van der Waals surface area contributed by atoms with E-state index < -0.39 is 11.4 Å². The molecule has 0 atom stereocenters. The number of hydrogen-bond donors (Lipinski definition) is 1. The molecule has 1 N–H and O–H groups in total. The lowest BCUT2D eigenvalue weighted by Crippen LogP contribution is -2.21. The molecule has 0 aliphatic heterocycles. The first kappa shape index (κ1) is 27.2. The van der Waals surface area contributed by atoms with Gasteiger partial charge in [-0.25, -0.2) is 4.79 Å². The molecule has 0 bridgehead atoms. The average molecular weight is 700 g/mol. The smallest absolute Gasteiger partial charge is 0.333 e. The van der Waals surface area contributed by atoms with Gasteiger partial charge in [0.1, 0.15) is 34.9 Å². The second-order valence-corrected chi connectivity index (χ2v) is 10.8. The van der Waals surface area contributed by atoms with Crippen molar-refractivity contribution in [3.8, 4) is 17.2 Å². The van der Waals surface area contributed by atoms with Gasteiger partial charge in [0.05, 0.1) is 20.0 Å². The Balaban J connectivity index is 2.36. The third kappa shape index (κ3) is 6.10. The molecule has 0 saturated heterocycles. The van der Waals surface area contributed by atoms with E-state index in [2.05, 4.69) is 84.1 Å². The largest absolute Gasteiger partial charge is 0.505 e. The normalized spacial score (nSPS) is 11.2. The lowest BCUT2D eigenvalue weighted by atomic mass is 9.77. The number of phenolic OH excluding ortho intramolecular Hbond substituents is 1. The van der Waals surface area contributed by atoms with E-state index in [-0.39, 0.29) is 19.0 Å². The molecule has 0 radical (unpaired) electrons. The van der Waals surface area contributed by atoms with Crippen LogP contribution in [0.3, 0.4) is 0 Å². The van der Waals surface area contributed by atoms with Gasteiger partial charge in [0.2, 0.25) is 0 Å². The van der Waals surface area contributed by atoms with Gasteiger partial charge in [-0.2, -0.15) is 0 Å². The lowest BCUT2D eigenvalue weighted by molar-refractivity contribution is -0.139. The number of rotatable bonds is 9. The molecule has 2 aromatic rings. The third-order valence-corrected chi connectivity index (χ3v) is 7.26. The highest BCUT2D eigenvalue weighted by Gasteiger charge is 2.31. The van der Waals surface area contributed by atoms with E-state index in [0.29, 0.717) is 32.6 Å². The Morgan fingerprint density at radius 2 is 1.59 bits per heavy atom. The van der Waals surface area contributed by atoms with Crippen LogP contribution in [0.4, 0.5) is 0 Å². The molecule has 174 valence electrons. The van der Waals surface area contributed by atoms with Gasteiger partial charge in [-0.3, -0.25) is 0 Å². The van der Waals surface area contributed by atoms with Crippen LogP contribution in [0.5, 0.6) is 17.2 Å². The first-order valence-corrected chi connectivity index (χ1v) is 12.9. The zero-order chi connectivity index (χ0) is 24.2. The minimum Gasteiger partial charge on any atom is -0.505 e. The van der Waals surface area contributed by atoms with E-state index in [1.54, 1.807) is 6.92 Å². The molecule has 32 heavy (non-hydrogen) atoms. The van der Waals surface area contributed by atoms with Crippen LogP contribution in [0.2, 0.25) is 0 Å². The minimum atomic E-state index is -0.482. The van der Waals surface area contributed by atoms with Gasteiger partial charge in [-0.05, 0) is 101 Å². The number of aromatic hydroxyl groups is 1. The van der Waals surface area contributed by atoms with Gasteiger partial charge in [0.15, 0.2) is 0 Å². The predicted molar refractivity (Wildman–Crippen MR) is 140 cm³/mol. The van der Waals surface area contributed by atoms with Crippen molar-refractivity contribution < 1.29 is 24.1 Å². The van der Waals surface area contributed by atoms with Gasteiger partial charge in [0.25, 0.3) is 0 Å². The Morgan fingerprint density at radius 3 is 2.12 bits per heavy atom. The van der Waals surface area contributed by atoms with E-state index in [0.717, 1.165) is 20.1 Å². The first-order valence-electron chi connectivity index (χ1n) is 9.70. The molecule has 2 rings (SSSR count). The Hall–Kier alpha value is -1.03. The van der Waals surface area contributed by atoms with E-state index in [4.69, 9.17) is 14.2 Å². The van der Waals surface area contributed by atoms with Crippen molar-refractivity contribution in [3.05, 3.63) is 59.4 Å². The predicted octanol–water partition coefficient (Wildman–Crippen LogP) is 7.66. The van der Waals surface area contributed by atoms with Crippen molar-refractivity contribution in [2.24, 2.45) is 0 Å². The van der Waals surface area contributed by atoms with Gasteiger partial charge in [0, 0.05) is 16.6 Å². The van der Waals surface area contributed by atoms with Gasteiger partial charge < -0.3 is 19.3 Å². The highest BCUT2D eigenvalue weighted by molar-refractivity contribution is 9.11. The summed E-state index contributed by atoms with van der Waals surface area (Å²) in [6, 6.07) is 5.82. The number of esters is 1. The summed E-state index contributed by atoms with van der Waals surface area (Å²) in [7, 11) is 0. The molecule has 5 nitrogen and oxygen atoms in total. The van der Waals surface area contributed by atoms with Gasteiger partial charge in [-0.15, -0.1) is 0 Å².